The lowest BCUT2D eigenvalue weighted by Gasteiger charge is -2.11. The number of hydrogen-bond acceptors (Lipinski definition) is 3. The van der Waals surface area contributed by atoms with Gasteiger partial charge in [-0.1, -0.05) is 15.9 Å². The first-order chi connectivity index (χ1) is 7.06. The fraction of sp³-hybridized carbons (Fsp3) is 0.300. The van der Waals surface area contributed by atoms with E-state index in [1.165, 1.54) is 6.07 Å². The average molecular weight is 275 g/mol. The first kappa shape index (κ1) is 12.0. The van der Waals surface area contributed by atoms with Crippen molar-refractivity contribution in [2.24, 2.45) is 0 Å². The molecule has 2 N–H and O–H groups in total. The molecule has 5 heteroatoms. The number of aryl methyl sites for hydroxylation is 1. The summed E-state index contributed by atoms with van der Waals surface area (Å²) in [5, 5.41) is 17.6. The predicted molar refractivity (Wildman–Crippen MR) is 58.4 cm³/mol. The maximum atomic E-state index is 10.9. The summed E-state index contributed by atoms with van der Waals surface area (Å²) in [6, 6.07) is 3.24. The third-order valence-electron chi connectivity index (χ3n) is 1.81. The van der Waals surface area contributed by atoms with Gasteiger partial charge in [-0.05, 0) is 24.6 Å². The van der Waals surface area contributed by atoms with E-state index >= 15 is 0 Å². The number of carboxylic acids is 1. The zero-order valence-electron chi connectivity index (χ0n) is 8.16. The van der Waals surface area contributed by atoms with Gasteiger partial charge >= 0.3 is 5.97 Å². The maximum Gasteiger partial charge on any atom is 0.339 e. The van der Waals surface area contributed by atoms with Gasteiger partial charge in [0.15, 0.2) is 0 Å². The SMILES string of the molecule is Cc1cc(Br)cc(C(=O)O)c1OCCO. The van der Waals surface area contributed by atoms with Crippen molar-refractivity contribution in [3.8, 4) is 5.75 Å². The van der Waals surface area contributed by atoms with Crippen LogP contribution in [0, 0.1) is 6.92 Å². The van der Waals surface area contributed by atoms with Crippen molar-refractivity contribution >= 4 is 21.9 Å². The molecule has 0 saturated heterocycles. The first-order valence-corrected chi connectivity index (χ1v) is 5.12. The molecule has 1 aromatic rings. The summed E-state index contributed by atoms with van der Waals surface area (Å²) in [7, 11) is 0. The van der Waals surface area contributed by atoms with Crippen molar-refractivity contribution in [3.05, 3.63) is 27.7 Å². The van der Waals surface area contributed by atoms with Gasteiger partial charge in [-0.2, -0.15) is 0 Å². The molecule has 0 fully saturated rings. The Hall–Kier alpha value is -1.07. The molecule has 1 aromatic carbocycles. The second-order valence-electron chi connectivity index (χ2n) is 2.98. The standard InChI is InChI=1S/C10H11BrO4/c1-6-4-7(11)5-8(10(13)14)9(6)15-3-2-12/h4-5,12H,2-3H2,1H3,(H,13,14). The van der Waals surface area contributed by atoms with E-state index < -0.39 is 5.97 Å². The van der Waals surface area contributed by atoms with E-state index in [-0.39, 0.29) is 18.8 Å². The molecule has 4 nitrogen and oxygen atoms in total. The van der Waals surface area contributed by atoms with Gasteiger partial charge in [0.1, 0.15) is 17.9 Å². The Labute approximate surface area is 95.6 Å². The Balaban J connectivity index is 3.15. The molecular weight excluding hydrogens is 264 g/mol. The summed E-state index contributed by atoms with van der Waals surface area (Å²) in [6.07, 6.45) is 0. The van der Waals surface area contributed by atoms with Crippen molar-refractivity contribution < 1.29 is 19.7 Å². The second kappa shape index (κ2) is 5.14. The van der Waals surface area contributed by atoms with Crippen LogP contribution in [-0.4, -0.2) is 29.4 Å². The monoisotopic (exact) mass is 274 g/mol. The maximum absolute atomic E-state index is 10.9. The Morgan fingerprint density at radius 1 is 1.53 bits per heavy atom. The van der Waals surface area contributed by atoms with Crippen molar-refractivity contribution in [2.45, 2.75) is 6.92 Å². The molecule has 0 bridgehead atoms. The van der Waals surface area contributed by atoms with Crippen molar-refractivity contribution in [2.75, 3.05) is 13.2 Å². The summed E-state index contributed by atoms with van der Waals surface area (Å²) < 4.78 is 5.87. The average Bonchev–Trinajstić information content (AvgIpc) is 2.15. The zero-order chi connectivity index (χ0) is 11.4. The molecule has 0 amide bonds. The van der Waals surface area contributed by atoms with Crippen LogP contribution in [0.3, 0.4) is 0 Å². The molecule has 15 heavy (non-hydrogen) atoms. The van der Waals surface area contributed by atoms with Crippen LogP contribution >= 0.6 is 15.9 Å². The minimum absolute atomic E-state index is 0.0861. The Bertz CT molecular complexity index is 376. The lowest BCUT2D eigenvalue weighted by molar-refractivity contribution is 0.0690. The number of aromatic carboxylic acids is 1. The van der Waals surface area contributed by atoms with Gasteiger partial charge in [0.25, 0.3) is 0 Å². The lowest BCUT2D eigenvalue weighted by Crippen LogP contribution is -2.08. The largest absolute Gasteiger partial charge is 0.490 e. The molecule has 0 aliphatic carbocycles. The molecule has 0 aliphatic heterocycles. The van der Waals surface area contributed by atoms with Gasteiger partial charge in [0.2, 0.25) is 0 Å². The molecule has 0 heterocycles. The number of aliphatic hydroxyl groups is 1. The highest BCUT2D eigenvalue weighted by Crippen LogP contribution is 2.28. The minimum atomic E-state index is -1.05. The number of aliphatic hydroxyl groups excluding tert-OH is 1. The third kappa shape index (κ3) is 2.94. The molecule has 0 unspecified atom stereocenters. The highest BCUT2D eigenvalue weighted by atomic mass is 79.9. The van der Waals surface area contributed by atoms with Gasteiger partial charge in [0.05, 0.1) is 6.61 Å². The molecule has 0 aliphatic rings. The van der Waals surface area contributed by atoms with Crippen molar-refractivity contribution in [1.82, 2.24) is 0 Å². The van der Waals surface area contributed by atoms with Gasteiger partial charge in [-0.3, -0.25) is 0 Å². The third-order valence-corrected chi connectivity index (χ3v) is 2.27. The van der Waals surface area contributed by atoms with Crippen molar-refractivity contribution in [3.63, 3.8) is 0 Å². The topological polar surface area (TPSA) is 66.8 Å². The van der Waals surface area contributed by atoms with Gasteiger partial charge in [-0.25, -0.2) is 4.79 Å². The van der Waals surface area contributed by atoms with E-state index in [0.717, 1.165) is 5.56 Å². The van der Waals surface area contributed by atoms with Crippen LogP contribution < -0.4 is 4.74 Å². The number of halogens is 1. The van der Waals surface area contributed by atoms with Crippen LogP contribution in [0.25, 0.3) is 0 Å². The minimum Gasteiger partial charge on any atom is -0.490 e. The number of benzene rings is 1. The predicted octanol–water partition coefficient (Wildman–Crippen LogP) is 1.83. The molecular formula is C10H11BrO4. The Morgan fingerprint density at radius 3 is 2.73 bits per heavy atom. The highest BCUT2D eigenvalue weighted by Gasteiger charge is 2.14. The normalized spacial score (nSPS) is 10.1. The fourth-order valence-electron chi connectivity index (χ4n) is 1.23. The van der Waals surface area contributed by atoms with E-state index in [9.17, 15) is 4.79 Å². The van der Waals surface area contributed by atoms with Gasteiger partial charge in [-0.15, -0.1) is 0 Å². The Morgan fingerprint density at radius 2 is 2.20 bits per heavy atom. The van der Waals surface area contributed by atoms with Crippen LogP contribution in [0.2, 0.25) is 0 Å². The van der Waals surface area contributed by atoms with E-state index in [4.69, 9.17) is 14.9 Å². The van der Waals surface area contributed by atoms with E-state index in [2.05, 4.69) is 15.9 Å². The number of rotatable bonds is 4. The fourth-order valence-corrected chi connectivity index (χ4v) is 1.80. The lowest BCUT2D eigenvalue weighted by atomic mass is 10.1. The van der Waals surface area contributed by atoms with Crippen LogP contribution in [-0.2, 0) is 0 Å². The molecule has 0 saturated carbocycles. The molecule has 1 rings (SSSR count). The molecule has 0 aromatic heterocycles. The van der Waals surface area contributed by atoms with E-state index in [1.807, 2.05) is 0 Å². The van der Waals surface area contributed by atoms with Crippen LogP contribution in [0.1, 0.15) is 15.9 Å². The number of carbonyl (C=O) groups is 1. The van der Waals surface area contributed by atoms with Crippen LogP contribution in [0.4, 0.5) is 0 Å². The Kier molecular flexibility index (Phi) is 4.11. The first-order valence-electron chi connectivity index (χ1n) is 4.33. The number of hydrogen-bond donors (Lipinski definition) is 2. The summed E-state index contributed by atoms with van der Waals surface area (Å²) in [5.74, 6) is -0.743. The quantitative estimate of drug-likeness (QED) is 0.879. The van der Waals surface area contributed by atoms with Crippen LogP contribution in [0.15, 0.2) is 16.6 Å². The second-order valence-corrected chi connectivity index (χ2v) is 3.89. The van der Waals surface area contributed by atoms with Gasteiger partial charge in [0, 0.05) is 4.47 Å². The van der Waals surface area contributed by atoms with E-state index in [1.54, 1.807) is 13.0 Å². The summed E-state index contributed by atoms with van der Waals surface area (Å²) >= 11 is 3.22. The smallest absolute Gasteiger partial charge is 0.339 e. The number of ether oxygens (including phenoxy) is 1. The van der Waals surface area contributed by atoms with Crippen LogP contribution in [0.5, 0.6) is 5.75 Å². The molecule has 0 spiro atoms. The molecule has 82 valence electrons. The zero-order valence-corrected chi connectivity index (χ0v) is 9.74. The highest BCUT2D eigenvalue weighted by molar-refractivity contribution is 9.10. The van der Waals surface area contributed by atoms with E-state index in [0.29, 0.717) is 10.2 Å². The number of carboxylic acid groups (broad SMARTS) is 1. The van der Waals surface area contributed by atoms with Gasteiger partial charge < -0.3 is 14.9 Å². The molecule has 0 atom stereocenters. The summed E-state index contributed by atoms with van der Waals surface area (Å²) in [6.45, 7) is 1.70. The summed E-state index contributed by atoms with van der Waals surface area (Å²) in [4.78, 5) is 10.9. The van der Waals surface area contributed by atoms with Crippen molar-refractivity contribution in [1.29, 1.82) is 0 Å². The summed E-state index contributed by atoms with van der Waals surface area (Å²) in [5.41, 5.74) is 0.811. The molecule has 0 radical (unpaired) electrons.